The fraction of sp³-hybridized carbons (Fsp3) is 0.235. The molecule has 7 heteroatoms. The second-order valence-electron chi connectivity index (χ2n) is 5.48. The number of sulfone groups is 1. The number of benzene rings is 2. The van der Waals surface area contributed by atoms with Gasteiger partial charge in [-0.2, -0.15) is 0 Å². The van der Waals surface area contributed by atoms with Crippen molar-refractivity contribution in [3.05, 3.63) is 48.0 Å². The van der Waals surface area contributed by atoms with Gasteiger partial charge in [-0.05, 0) is 36.4 Å². The molecule has 6 nitrogen and oxygen atoms in total. The quantitative estimate of drug-likeness (QED) is 0.811. The van der Waals surface area contributed by atoms with Crippen molar-refractivity contribution in [3.63, 3.8) is 0 Å². The first-order valence-electron chi connectivity index (χ1n) is 7.39. The van der Waals surface area contributed by atoms with Crippen LogP contribution in [0.25, 0.3) is 0 Å². The van der Waals surface area contributed by atoms with Crippen molar-refractivity contribution in [1.29, 1.82) is 0 Å². The number of phenols is 1. The largest absolute Gasteiger partial charge is 0.506 e. The molecule has 0 aliphatic carbocycles. The molecule has 2 aromatic rings. The van der Waals surface area contributed by atoms with E-state index in [1.54, 1.807) is 18.2 Å². The highest BCUT2D eigenvalue weighted by molar-refractivity contribution is 7.91. The number of rotatable bonds is 5. The van der Waals surface area contributed by atoms with E-state index in [-0.39, 0.29) is 22.1 Å². The van der Waals surface area contributed by atoms with E-state index in [0.29, 0.717) is 5.56 Å². The second-order valence-corrected chi connectivity index (χ2v) is 7.76. The Morgan fingerprint density at radius 2 is 1.88 bits per heavy atom. The van der Waals surface area contributed by atoms with Gasteiger partial charge in [0.25, 0.3) is 5.91 Å². The summed E-state index contributed by atoms with van der Waals surface area (Å²) in [6.07, 6.45) is 0. The minimum atomic E-state index is -3.42. The average Bonchev–Trinajstić information content (AvgIpc) is 2.56. The first-order valence-corrected chi connectivity index (χ1v) is 9.04. The Kier molecular flexibility index (Phi) is 5.14. The van der Waals surface area contributed by atoms with Crippen LogP contribution in [0.15, 0.2) is 47.4 Å². The Morgan fingerprint density at radius 1 is 1.17 bits per heavy atom. The molecule has 0 bridgehead atoms. The van der Waals surface area contributed by atoms with Crippen molar-refractivity contribution < 1.29 is 18.3 Å². The van der Waals surface area contributed by atoms with Crippen LogP contribution in [0, 0.1) is 0 Å². The standard InChI is InChI=1S/C17H20N2O4S/c1-4-24(22,23)14-8-9-16(20)15(11-14)18-17(21)12-6-5-7-13(10-12)19(2)3/h5-11,20H,4H2,1-3H3,(H,18,21). The van der Waals surface area contributed by atoms with Crippen molar-refractivity contribution in [3.8, 4) is 5.75 Å². The summed E-state index contributed by atoms with van der Waals surface area (Å²) in [5.41, 5.74) is 1.32. The van der Waals surface area contributed by atoms with Gasteiger partial charge >= 0.3 is 0 Å². The van der Waals surface area contributed by atoms with Gasteiger partial charge in [-0.3, -0.25) is 4.79 Å². The minimum Gasteiger partial charge on any atom is -0.506 e. The van der Waals surface area contributed by atoms with E-state index in [0.717, 1.165) is 5.69 Å². The van der Waals surface area contributed by atoms with Crippen LogP contribution in [0.3, 0.4) is 0 Å². The lowest BCUT2D eigenvalue weighted by molar-refractivity contribution is 0.102. The molecular weight excluding hydrogens is 328 g/mol. The first-order chi connectivity index (χ1) is 11.2. The minimum absolute atomic E-state index is 0.0557. The Bertz CT molecular complexity index is 861. The summed E-state index contributed by atoms with van der Waals surface area (Å²) in [5, 5.41) is 12.5. The third-order valence-electron chi connectivity index (χ3n) is 3.58. The molecule has 0 heterocycles. The lowest BCUT2D eigenvalue weighted by atomic mass is 10.1. The van der Waals surface area contributed by atoms with Crippen LogP contribution in [0.2, 0.25) is 0 Å². The van der Waals surface area contributed by atoms with E-state index in [1.807, 2.05) is 25.1 Å². The molecule has 0 aliphatic heterocycles. The van der Waals surface area contributed by atoms with Gasteiger partial charge in [0.15, 0.2) is 9.84 Å². The first kappa shape index (κ1) is 17.8. The maximum atomic E-state index is 12.4. The fourth-order valence-electron chi connectivity index (χ4n) is 2.10. The number of carbonyl (C=O) groups excluding carboxylic acids is 1. The average molecular weight is 348 g/mol. The van der Waals surface area contributed by atoms with Crippen molar-refractivity contribution in [2.75, 3.05) is 30.1 Å². The maximum Gasteiger partial charge on any atom is 0.255 e. The zero-order valence-corrected chi connectivity index (χ0v) is 14.6. The van der Waals surface area contributed by atoms with Crippen LogP contribution >= 0.6 is 0 Å². The molecule has 128 valence electrons. The highest BCUT2D eigenvalue weighted by Gasteiger charge is 2.16. The number of anilines is 2. The number of carbonyl (C=O) groups is 1. The summed E-state index contributed by atoms with van der Waals surface area (Å²) >= 11 is 0. The van der Waals surface area contributed by atoms with Crippen LogP contribution in [-0.4, -0.2) is 39.3 Å². The molecule has 0 fully saturated rings. The van der Waals surface area contributed by atoms with Crippen molar-refractivity contribution in [2.45, 2.75) is 11.8 Å². The third-order valence-corrected chi connectivity index (χ3v) is 5.31. The highest BCUT2D eigenvalue weighted by atomic mass is 32.2. The molecule has 24 heavy (non-hydrogen) atoms. The summed E-state index contributed by atoms with van der Waals surface area (Å²) < 4.78 is 23.9. The predicted octanol–water partition coefficient (Wildman–Crippen LogP) is 2.50. The van der Waals surface area contributed by atoms with Gasteiger partial charge in [0, 0.05) is 25.3 Å². The summed E-state index contributed by atoms with van der Waals surface area (Å²) in [5.74, 6) is -0.682. The molecule has 2 rings (SSSR count). The van der Waals surface area contributed by atoms with Crippen LogP contribution in [0.5, 0.6) is 5.75 Å². The number of hydrogen-bond acceptors (Lipinski definition) is 5. The topological polar surface area (TPSA) is 86.7 Å². The van der Waals surface area contributed by atoms with Crippen LogP contribution in [-0.2, 0) is 9.84 Å². The summed E-state index contributed by atoms with van der Waals surface area (Å²) in [6, 6.07) is 10.8. The monoisotopic (exact) mass is 348 g/mol. The zero-order valence-electron chi connectivity index (χ0n) is 13.8. The van der Waals surface area contributed by atoms with E-state index in [2.05, 4.69) is 5.32 Å². The van der Waals surface area contributed by atoms with Gasteiger partial charge < -0.3 is 15.3 Å². The SMILES string of the molecule is CCS(=O)(=O)c1ccc(O)c(NC(=O)c2cccc(N(C)C)c2)c1. The molecule has 0 saturated carbocycles. The highest BCUT2D eigenvalue weighted by Crippen LogP contribution is 2.27. The number of hydrogen-bond donors (Lipinski definition) is 2. The molecule has 2 N–H and O–H groups in total. The molecule has 0 aromatic heterocycles. The third kappa shape index (κ3) is 3.86. The Hall–Kier alpha value is -2.54. The van der Waals surface area contributed by atoms with Gasteiger partial charge in [-0.25, -0.2) is 8.42 Å². The molecule has 0 atom stereocenters. The van der Waals surface area contributed by atoms with Crippen LogP contribution < -0.4 is 10.2 Å². The molecule has 2 aromatic carbocycles. The molecule has 0 aliphatic rings. The van der Waals surface area contributed by atoms with Crippen LogP contribution in [0.4, 0.5) is 11.4 Å². The summed E-state index contributed by atoms with van der Waals surface area (Å²) in [7, 11) is 0.301. The number of nitrogens with one attached hydrogen (secondary N) is 1. The molecule has 0 saturated heterocycles. The van der Waals surface area contributed by atoms with Gasteiger partial charge in [-0.1, -0.05) is 13.0 Å². The molecule has 1 amide bonds. The van der Waals surface area contributed by atoms with E-state index >= 15 is 0 Å². The van der Waals surface area contributed by atoms with Gasteiger partial charge in [0.1, 0.15) is 5.75 Å². The molecular formula is C17H20N2O4S. The van der Waals surface area contributed by atoms with Crippen LogP contribution in [0.1, 0.15) is 17.3 Å². The summed E-state index contributed by atoms with van der Waals surface area (Å²) in [6.45, 7) is 1.53. The van der Waals surface area contributed by atoms with Gasteiger partial charge in [0.2, 0.25) is 0 Å². The second kappa shape index (κ2) is 6.92. The normalized spacial score (nSPS) is 11.1. The fourth-order valence-corrected chi connectivity index (χ4v) is 3.00. The number of nitrogens with zero attached hydrogens (tertiary/aromatic N) is 1. The molecule has 0 unspecified atom stereocenters. The van der Waals surface area contributed by atoms with Gasteiger partial charge in [0.05, 0.1) is 16.3 Å². The van der Waals surface area contributed by atoms with Crippen molar-refractivity contribution in [2.24, 2.45) is 0 Å². The van der Waals surface area contributed by atoms with Crippen molar-refractivity contribution >= 4 is 27.1 Å². The Labute approximate surface area is 141 Å². The number of phenolic OH excluding ortho intramolecular Hbond substituents is 1. The lowest BCUT2D eigenvalue weighted by Gasteiger charge is -2.14. The number of aromatic hydroxyl groups is 1. The van der Waals surface area contributed by atoms with E-state index in [1.165, 1.54) is 25.1 Å². The van der Waals surface area contributed by atoms with Crippen molar-refractivity contribution in [1.82, 2.24) is 0 Å². The predicted molar refractivity (Wildman–Crippen MR) is 94.6 cm³/mol. The molecule has 0 spiro atoms. The summed E-state index contributed by atoms with van der Waals surface area (Å²) in [4.78, 5) is 14.3. The van der Waals surface area contributed by atoms with Gasteiger partial charge in [-0.15, -0.1) is 0 Å². The Balaban J connectivity index is 2.32. The number of amides is 1. The van der Waals surface area contributed by atoms with E-state index in [4.69, 9.17) is 0 Å². The maximum absolute atomic E-state index is 12.4. The van der Waals surface area contributed by atoms with E-state index in [9.17, 15) is 18.3 Å². The Morgan fingerprint density at radius 3 is 2.50 bits per heavy atom. The molecule has 0 radical (unpaired) electrons. The zero-order chi connectivity index (χ0) is 17.9. The smallest absolute Gasteiger partial charge is 0.255 e. The lowest BCUT2D eigenvalue weighted by Crippen LogP contribution is -2.14. The van der Waals surface area contributed by atoms with E-state index < -0.39 is 15.7 Å².